The van der Waals surface area contributed by atoms with Gasteiger partial charge in [-0.15, -0.1) is 11.3 Å². The van der Waals surface area contributed by atoms with E-state index in [0.717, 1.165) is 5.92 Å². The third-order valence-electron chi connectivity index (χ3n) is 1.94. The Bertz CT molecular complexity index is 192. The summed E-state index contributed by atoms with van der Waals surface area (Å²) in [6.07, 6.45) is 2.64. The molecule has 0 radical (unpaired) electrons. The van der Waals surface area contributed by atoms with E-state index in [9.17, 15) is 0 Å². The highest BCUT2D eigenvalue weighted by Crippen LogP contribution is 2.30. The van der Waals surface area contributed by atoms with Crippen LogP contribution in [0, 0.1) is 5.92 Å². The molecule has 0 saturated heterocycles. The molecule has 0 saturated carbocycles. The fourth-order valence-corrected chi connectivity index (χ4v) is 2.57. The van der Waals surface area contributed by atoms with Crippen molar-refractivity contribution in [2.24, 2.45) is 5.92 Å². The van der Waals surface area contributed by atoms with Crippen LogP contribution in [0.25, 0.3) is 0 Å². The summed E-state index contributed by atoms with van der Waals surface area (Å²) in [5, 5.41) is 2.20. The van der Waals surface area contributed by atoms with Crippen LogP contribution in [0.15, 0.2) is 11.4 Å². The van der Waals surface area contributed by atoms with Crippen molar-refractivity contribution in [1.29, 1.82) is 0 Å². The van der Waals surface area contributed by atoms with Crippen molar-refractivity contribution in [2.75, 3.05) is 0 Å². The first-order valence-electron chi connectivity index (χ1n) is 3.41. The Hall–Kier alpha value is -0.300. The molecule has 9 heavy (non-hydrogen) atoms. The number of hydrogen-bond acceptors (Lipinski definition) is 1. The fourth-order valence-electron chi connectivity index (χ4n) is 1.49. The van der Waals surface area contributed by atoms with Crippen LogP contribution in [0.5, 0.6) is 0 Å². The predicted octanol–water partition coefficient (Wildman–Crippen LogP) is 2.48. The van der Waals surface area contributed by atoms with Crippen LogP contribution in [0.4, 0.5) is 0 Å². The van der Waals surface area contributed by atoms with E-state index in [-0.39, 0.29) is 0 Å². The van der Waals surface area contributed by atoms with Crippen molar-refractivity contribution in [3.8, 4) is 0 Å². The number of rotatable bonds is 0. The van der Waals surface area contributed by atoms with Crippen molar-refractivity contribution >= 4 is 11.3 Å². The highest BCUT2D eigenvalue weighted by molar-refractivity contribution is 7.10. The van der Waals surface area contributed by atoms with E-state index in [2.05, 4.69) is 18.4 Å². The van der Waals surface area contributed by atoms with E-state index in [1.165, 1.54) is 12.8 Å². The van der Waals surface area contributed by atoms with Crippen LogP contribution in [0.3, 0.4) is 0 Å². The molecule has 1 aliphatic rings. The van der Waals surface area contributed by atoms with Gasteiger partial charge in [-0.25, -0.2) is 0 Å². The zero-order valence-electron chi connectivity index (χ0n) is 5.55. The average molecular weight is 138 g/mol. The molecular weight excluding hydrogens is 128 g/mol. The molecule has 48 valence electrons. The first-order chi connectivity index (χ1) is 4.36. The molecule has 1 aromatic rings. The molecule has 2 rings (SSSR count). The zero-order valence-corrected chi connectivity index (χ0v) is 6.37. The van der Waals surface area contributed by atoms with Crippen molar-refractivity contribution in [2.45, 2.75) is 19.8 Å². The largest absolute Gasteiger partial charge is 0.149 e. The van der Waals surface area contributed by atoms with Gasteiger partial charge in [-0.1, -0.05) is 6.92 Å². The van der Waals surface area contributed by atoms with Gasteiger partial charge in [-0.05, 0) is 35.8 Å². The van der Waals surface area contributed by atoms with Gasteiger partial charge in [-0.3, -0.25) is 0 Å². The topological polar surface area (TPSA) is 0 Å². The smallest absolute Gasteiger partial charge is 0.00800 e. The van der Waals surface area contributed by atoms with Crippen LogP contribution >= 0.6 is 11.3 Å². The van der Waals surface area contributed by atoms with Crippen molar-refractivity contribution in [3.63, 3.8) is 0 Å². The number of fused-ring (bicyclic) bond motifs is 1. The minimum Gasteiger partial charge on any atom is -0.149 e. The zero-order chi connectivity index (χ0) is 6.27. The average Bonchev–Trinajstić information content (AvgIpc) is 2.22. The monoisotopic (exact) mass is 138 g/mol. The molecular formula is C8H10S. The van der Waals surface area contributed by atoms with Crippen LogP contribution in [0.1, 0.15) is 17.4 Å². The lowest BCUT2D eigenvalue weighted by atomic mass is 10.1. The second kappa shape index (κ2) is 1.84. The maximum atomic E-state index is 2.33. The maximum Gasteiger partial charge on any atom is 0.00800 e. The lowest BCUT2D eigenvalue weighted by Gasteiger charge is -1.94. The predicted molar refractivity (Wildman–Crippen MR) is 40.9 cm³/mol. The molecule has 0 aliphatic heterocycles. The second-order valence-corrected chi connectivity index (χ2v) is 3.88. The Kier molecular flexibility index (Phi) is 1.12. The van der Waals surface area contributed by atoms with Crippen molar-refractivity contribution in [1.82, 2.24) is 0 Å². The third kappa shape index (κ3) is 0.799. The Morgan fingerprint density at radius 1 is 1.56 bits per heavy atom. The van der Waals surface area contributed by atoms with Gasteiger partial charge in [0.25, 0.3) is 0 Å². The summed E-state index contributed by atoms with van der Waals surface area (Å²) in [6, 6.07) is 2.27. The number of hydrogen-bond donors (Lipinski definition) is 0. The summed E-state index contributed by atoms with van der Waals surface area (Å²) in [7, 11) is 0. The van der Waals surface area contributed by atoms with E-state index in [1.54, 1.807) is 10.4 Å². The summed E-state index contributed by atoms with van der Waals surface area (Å²) in [5.41, 5.74) is 1.60. The highest BCUT2D eigenvalue weighted by Gasteiger charge is 2.17. The van der Waals surface area contributed by atoms with Gasteiger partial charge >= 0.3 is 0 Å². The summed E-state index contributed by atoms with van der Waals surface area (Å²) in [4.78, 5) is 1.63. The van der Waals surface area contributed by atoms with Crippen LogP contribution in [-0.2, 0) is 12.8 Å². The molecule has 0 spiro atoms. The Morgan fingerprint density at radius 2 is 2.44 bits per heavy atom. The van der Waals surface area contributed by atoms with Gasteiger partial charge in [0.2, 0.25) is 0 Å². The molecule has 0 fully saturated rings. The lowest BCUT2D eigenvalue weighted by Crippen LogP contribution is -1.89. The maximum absolute atomic E-state index is 2.33. The lowest BCUT2D eigenvalue weighted by molar-refractivity contribution is 0.629. The summed E-state index contributed by atoms with van der Waals surface area (Å²) < 4.78 is 0. The first kappa shape index (κ1) is 5.48. The van der Waals surface area contributed by atoms with E-state index >= 15 is 0 Å². The van der Waals surface area contributed by atoms with Crippen molar-refractivity contribution < 1.29 is 0 Å². The van der Waals surface area contributed by atoms with Crippen LogP contribution in [0.2, 0.25) is 0 Å². The van der Waals surface area contributed by atoms with Gasteiger partial charge in [0.1, 0.15) is 0 Å². The second-order valence-electron chi connectivity index (χ2n) is 2.88. The van der Waals surface area contributed by atoms with Crippen molar-refractivity contribution in [3.05, 3.63) is 21.9 Å². The summed E-state index contributed by atoms with van der Waals surface area (Å²) in [6.45, 7) is 2.33. The summed E-state index contributed by atoms with van der Waals surface area (Å²) >= 11 is 1.92. The first-order valence-corrected chi connectivity index (χ1v) is 4.29. The molecule has 0 amide bonds. The third-order valence-corrected chi connectivity index (χ3v) is 2.93. The van der Waals surface area contributed by atoms with Gasteiger partial charge in [0.05, 0.1) is 0 Å². The van der Waals surface area contributed by atoms with Crippen LogP contribution in [-0.4, -0.2) is 0 Å². The van der Waals surface area contributed by atoms with E-state index in [1.807, 2.05) is 11.3 Å². The Labute approximate surface area is 59.5 Å². The molecule has 1 aromatic heterocycles. The minimum atomic E-state index is 0.910. The standard InChI is InChI=1S/C8H10S/c1-6-4-7-2-3-9-8(7)5-6/h2-3,6H,4-5H2,1H3. The van der Waals surface area contributed by atoms with E-state index in [0.29, 0.717) is 0 Å². The fraction of sp³-hybridized carbons (Fsp3) is 0.500. The van der Waals surface area contributed by atoms with Gasteiger partial charge in [0.15, 0.2) is 0 Å². The molecule has 0 nitrogen and oxygen atoms in total. The normalized spacial score (nSPS) is 24.3. The van der Waals surface area contributed by atoms with Gasteiger partial charge in [0, 0.05) is 4.88 Å². The van der Waals surface area contributed by atoms with Gasteiger partial charge < -0.3 is 0 Å². The van der Waals surface area contributed by atoms with E-state index in [4.69, 9.17) is 0 Å². The molecule has 1 heteroatoms. The highest BCUT2D eigenvalue weighted by atomic mass is 32.1. The molecule has 0 bridgehead atoms. The molecule has 0 aromatic carbocycles. The Morgan fingerprint density at radius 3 is 3.22 bits per heavy atom. The molecule has 1 heterocycles. The van der Waals surface area contributed by atoms with Crippen LogP contribution < -0.4 is 0 Å². The molecule has 1 aliphatic carbocycles. The Balaban J connectivity index is 2.39. The SMILES string of the molecule is CC1Cc2ccsc2C1. The van der Waals surface area contributed by atoms with E-state index < -0.39 is 0 Å². The molecule has 0 N–H and O–H groups in total. The summed E-state index contributed by atoms with van der Waals surface area (Å²) in [5.74, 6) is 0.910. The molecule has 1 unspecified atom stereocenters. The van der Waals surface area contributed by atoms with Gasteiger partial charge in [-0.2, -0.15) is 0 Å². The minimum absolute atomic E-state index is 0.910. The molecule has 1 atom stereocenters. The number of thiophene rings is 1. The quantitative estimate of drug-likeness (QED) is 0.516.